The summed E-state index contributed by atoms with van der Waals surface area (Å²) in [5.74, 6) is 0.287. The van der Waals surface area contributed by atoms with Crippen LogP contribution in [0.4, 0.5) is 10.2 Å². The number of anilines is 1. The van der Waals surface area contributed by atoms with E-state index in [0.717, 1.165) is 24.4 Å². The third-order valence-corrected chi connectivity index (χ3v) is 6.70. The molecule has 2 aliphatic rings. The van der Waals surface area contributed by atoms with Crippen LogP contribution in [0.15, 0.2) is 36.7 Å². The number of carbonyl (C=O) groups is 2. The molecule has 2 fully saturated rings. The second-order valence-electron chi connectivity index (χ2n) is 9.22. The number of piperidine rings is 1. The molecule has 32 heavy (non-hydrogen) atoms. The van der Waals surface area contributed by atoms with Crippen molar-refractivity contribution in [3.05, 3.63) is 53.7 Å². The van der Waals surface area contributed by atoms with Crippen molar-refractivity contribution in [3.8, 4) is 0 Å². The molecular weight excluding hydrogens is 409 g/mol. The molecule has 2 amide bonds. The molecule has 1 unspecified atom stereocenters. The fourth-order valence-electron chi connectivity index (χ4n) is 4.63. The number of benzene rings is 1. The van der Waals surface area contributed by atoms with Gasteiger partial charge < -0.3 is 14.7 Å². The highest BCUT2D eigenvalue weighted by Gasteiger charge is 2.44. The van der Waals surface area contributed by atoms with Gasteiger partial charge in [-0.1, -0.05) is 13.0 Å². The maximum Gasteiger partial charge on any atom is 0.253 e. The number of likely N-dealkylation sites (tertiary alicyclic amines) is 2. The summed E-state index contributed by atoms with van der Waals surface area (Å²) in [4.78, 5) is 41.0. The molecule has 2 saturated heterocycles. The second-order valence-corrected chi connectivity index (χ2v) is 9.22. The summed E-state index contributed by atoms with van der Waals surface area (Å²) in [7, 11) is 3.84. The van der Waals surface area contributed by atoms with Gasteiger partial charge in [0.05, 0.1) is 24.1 Å². The molecule has 0 bridgehead atoms. The molecule has 2 aliphatic heterocycles. The molecule has 0 radical (unpaired) electrons. The largest absolute Gasteiger partial charge is 0.361 e. The van der Waals surface area contributed by atoms with Crippen LogP contribution in [0.2, 0.25) is 0 Å². The molecule has 0 spiro atoms. The first kappa shape index (κ1) is 22.2. The first-order valence-corrected chi connectivity index (χ1v) is 11.1. The third-order valence-electron chi connectivity index (χ3n) is 6.70. The molecule has 3 heterocycles. The maximum atomic E-state index is 13.6. The highest BCUT2D eigenvalue weighted by atomic mass is 19.1. The Balaban J connectivity index is 1.45. The first-order valence-electron chi connectivity index (χ1n) is 11.1. The van der Waals surface area contributed by atoms with Crippen molar-refractivity contribution in [1.29, 1.82) is 0 Å². The maximum absolute atomic E-state index is 13.6. The van der Waals surface area contributed by atoms with E-state index in [-0.39, 0.29) is 17.9 Å². The number of carbonyl (C=O) groups excluding carboxylic acids is 2. The van der Waals surface area contributed by atoms with E-state index >= 15 is 0 Å². The predicted molar refractivity (Wildman–Crippen MR) is 120 cm³/mol. The van der Waals surface area contributed by atoms with Gasteiger partial charge in [-0.3, -0.25) is 14.6 Å². The lowest BCUT2D eigenvalue weighted by Gasteiger charge is -2.41. The molecule has 7 nitrogen and oxygen atoms in total. The highest BCUT2D eigenvalue weighted by Crippen LogP contribution is 2.39. The van der Waals surface area contributed by atoms with Crippen LogP contribution in [0.1, 0.15) is 54.7 Å². The Bertz CT molecular complexity index is 1000. The van der Waals surface area contributed by atoms with E-state index in [1.165, 1.54) is 12.1 Å². The molecule has 170 valence electrons. The summed E-state index contributed by atoms with van der Waals surface area (Å²) in [5, 5.41) is 0. The molecule has 1 aromatic heterocycles. The van der Waals surface area contributed by atoms with E-state index in [9.17, 15) is 14.0 Å². The third kappa shape index (κ3) is 4.31. The van der Waals surface area contributed by atoms with Crippen LogP contribution >= 0.6 is 0 Å². The first-order chi connectivity index (χ1) is 15.3. The number of nitrogens with zero attached hydrogens (tertiary/aromatic N) is 5. The van der Waals surface area contributed by atoms with Gasteiger partial charge >= 0.3 is 0 Å². The van der Waals surface area contributed by atoms with Crippen molar-refractivity contribution in [2.75, 3.05) is 38.6 Å². The van der Waals surface area contributed by atoms with Crippen LogP contribution in [0.5, 0.6) is 0 Å². The molecule has 1 aromatic carbocycles. The van der Waals surface area contributed by atoms with Crippen molar-refractivity contribution in [3.63, 3.8) is 0 Å². The molecule has 2 aromatic rings. The van der Waals surface area contributed by atoms with Gasteiger partial charge in [0.2, 0.25) is 5.91 Å². The normalized spacial score (nSPS) is 20.3. The van der Waals surface area contributed by atoms with Gasteiger partial charge in [0, 0.05) is 44.7 Å². The zero-order chi connectivity index (χ0) is 22.9. The van der Waals surface area contributed by atoms with Gasteiger partial charge in [-0.2, -0.15) is 0 Å². The molecular formula is C24H30FN5O2. The van der Waals surface area contributed by atoms with Gasteiger partial charge in [0.1, 0.15) is 11.6 Å². The molecule has 0 N–H and O–H groups in total. The van der Waals surface area contributed by atoms with Crippen LogP contribution in [-0.4, -0.2) is 65.3 Å². The minimum absolute atomic E-state index is 0.0707. The smallest absolute Gasteiger partial charge is 0.253 e. The van der Waals surface area contributed by atoms with Gasteiger partial charge in [-0.15, -0.1) is 0 Å². The standard InChI is InChI=1S/C24H30FN5O2/c1-24(9-12-29(13-10-24)22(31)17-6-4-7-18(25)14-17)23(32)30-11-5-8-20(30)19-15-26-16-21(27-19)28(2)3/h4,6-7,14-16,20H,5,8-13H2,1-3H3. The Labute approximate surface area is 188 Å². The monoisotopic (exact) mass is 439 g/mol. The fourth-order valence-corrected chi connectivity index (χ4v) is 4.63. The summed E-state index contributed by atoms with van der Waals surface area (Å²) in [6, 6.07) is 5.69. The summed E-state index contributed by atoms with van der Waals surface area (Å²) in [6.07, 6.45) is 6.45. The van der Waals surface area contributed by atoms with Crippen molar-refractivity contribution < 1.29 is 14.0 Å². The molecule has 4 rings (SSSR count). The van der Waals surface area contributed by atoms with E-state index < -0.39 is 11.2 Å². The number of hydrogen-bond acceptors (Lipinski definition) is 5. The molecule has 0 saturated carbocycles. The second kappa shape index (κ2) is 8.84. The minimum Gasteiger partial charge on any atom is -0.361 e. The molecule has 8 heteroatoms. The van der Waals surface area contributed by atoms with Crippen molar-refractivity contribution >= 4 is 17.6 Å². The quantitative estimate of drug-likeness (QED) is 0.731. The predicted octanol–water partition coefficient (Wildman–Crippen LogP) is 3.29. The van der Waals surface area contributed by atoms with Crippen LogP contribution in [0.3, 0.4) is 0 Å². The topological polar surface area (TPSA) is 69.6 Å². The summed E-state index contributed by atoms with van der Waals surface area (Å²) >= 11 is 0. The average Bonchev–Trinajstić information content (AvgIpc) is 3.28. The average molecular weight is 440 g/mol. The van der Waals surface area contributed by atoms with Crippen molar-refractivity contribution in [2.45, 2.75) is 38.6 Å². The highest BCUT2D eigenvalue weighted by molar-refractivity contribution is 5.94. The summed E-state index contributed by atoms with van der Waals surface area (Å²) in [5.41, 5.74) is 0.636. The Morgan fingerprint density at radius 2 is 1.91 bits per heavy atom. The Hall–Kier alpha value is -3.03. The van der Waals surface area contributed by atoms with E-state index in [0.29, 0.717) is 38.0 Å². The molecule has 0 aliphatic carbocycles. The SMILES string of the molecule is CN(C)c1cncc(C2CCCN2C(=O)C2(C)CCN(C(=O)c3cccc(F)c3)CC2)n1. The molecule has 1 atom stereocenters. The number of amides is 2. The van der Waals surface area contributed by atoms with Crippen LogP contribution < -0.4 is 4.90 Å². The summed E-state index contributed by atoms with van der Waals surface area (Å²) < 4.78 is 13.5. The lowest BCUT2D eigenvalue weighted by atomic mass is 9.78. The lowest BCUT2D eigenvalue weighted by Crippen LogP contribution is -2.50. The minimum atomic E-state index is -0.534. The Morgan fingerprint density at radius 3 is 2.59 bits per heavy atom. The van der Waals surface area contributed by atoms with Gasteiger partial charge in [-0.25, -0.2) is 9.37 Å². The zero-order valence-electron chi connectivity index (χ0n) is 18.9. The van der Waals surface area contributed by atoms with Gasteiger partial charge in [-0.05, 0) is 43.9 Å². The number of hydrogen-bond donors (Lipinski definition) is 0. The number of aromatic nitrogens is 2. The van der Waals surface area contributed by atoms with Crippen molar-refractivity contribution in [1.82, 2.24) is 19.8 Å². The van der Waals surface area contributed by atoms with E-state index in [4.69, 9.17) is 4.98 Å². The van der Waals surface area contributed by atoms with Crippen LogP contribution in [0, 0.1) is 11.2 Å². The lowest BCUT2D eigenvalue weighted by molar-refractivity contribution is -0.144. The van der Waals surface area contributed by atoms with E-state index in [1.54, 1.807) is 29.4 Å². The summed E-state index contributed by atoms with van der Waals surface area (Å²) in [6.45, 7) is 3.66. The van der Waals surface area contributed by atoms with Gasteiger partial charge in [0.25, 0.3) is 5.91 Å². The Kier molecular flexibility index (Phi) is 6.13. The van der Waals surface area contributed by atoms with E-state index in [1.807, 2.05) is 30.8 Å². The Morgan fingerprint density at radius 1 is 1.16 bits per heavy atom. The van der Waals surface area contributed by atoms with Crippen LogP contribution in [0.25, 0.3) is 0 Å². The van der Waals surface area contributed by atoms with Crippen molar-refractivity contribution in [2.24, 2.45) is 5.41 Å². The number of rotatable bonds is 4. The fraction of sp³-hybridized carbons (Fsp3) is 0.500. The number of halogens is 1. The van der Waals surface area contributed by atoms with Gasteiger partial charge in [0.15, 0.2) is 0 Å². The van der Waals surface area contributed by atoms with E-state index in [2.05, 4.69) is 4.98 Å². The van der Waals surface area contributed by atoms with Crippen LogP contribution in [-0.2, 0) is 4.79 Å². The zero-order valence-corrected chi connectivity index (χ0v) is 18.9.